The van der Waals surface area contributed by atoms with Gasteiger partial charge in [-0.25, -0.2) is 0 Å². The largest absolute Gasteiger partial charge is 0.457 e. The fourth-order valence-electron chi connectivity index (χ4n) is 3.58. The van der Waals surface area contributed by atoms with Crippen LogP contribution in [0.15, 0.2) is 54.6 Å². The average molecular weight is 380 g/mol. The van der Waals surface area contributed by atoms with Gasteiger partial charge < -0.3 is 19.3 Å². The number of ether oxygens (including phenoxy) is 2. The van der Waals surface area contributed by atoms with Crippen molar-refractivity contribution in [2.24, 2.45) is 0 Å². The second kappa shape index (κ2) is 8.44. The van der Waals surface area contributed by atoms with Crippen LogP contribution in [-0.2, 0) is 9.53 Å². The van der Waals surface area contributed by atoms with Crippen LogP contribution in [0.4, 0.5) is 0 Å². The molecule has 4 rings (SSSR count). The number of hydrogen-bond donors (Lipinski definition) is 0. The number of carbonyl (C=O) groups excluding carboxylic acids is 2. The van der Waals surface area contributed by atoms with Crippen molar-refractivity contribution < 1.29 is 19.1 Å². The monoisotopic (exact) mass is 380 g/mol. The van der Waals surface area contributed by atoms with E-state index in [1.54, 1.807) is 29.2 Å². The van der Waals surface area contributed by atoms with Crippen molar-refractivity contribution in [3.8, 4) is 11.5 Å². The molecule has 2 heterocycles. The van der Waals surface area contributed by atoms with Crippen molar-refractivity contribution in [1.82, 2.24) is 9.80 Å². The minimum absolute atomic E-state index is 0.0181. The predicted molar refractivity (Wildman–Crippen MR) is 104 cm³/mol. The Balaban J connectivity index is 1.31. The Kier molecular flexibility index (Phi) is 5.58. The molecule has 0 spiro atoms. The third kappa shape index (κ3) is 4.17. The van der Waals surface area contributed by atoms with E-state index in [0.29, 0.717) is 44.1 Å². The van der Waals surface area contributed by atoms with Gasteiger partial charge in [-0.3, -0.25) is 9.59 Å². The minimum Gasteiger partial charge on any atom is -0.457 e. The Hall–Kier alpha value is -2.86. The van der Waals surface area contributed by atoms with Crippen molar-refractivity contribution in [3.63, 3.8) is 0 Å². The maximum atomic E-state index is 12.8. The van der Waals surface area contributed by atoms with Crippen LogP contribution in [0.3, 0.4) is 0 Å². The normalized spacial score (nSPS) is 19.5. The summed E-state index contributed by atoms with van der Waals surface area (Å²) in [4.78, 5) is 28.8. The van der Waals surface area contributed by atoms with Crippen LogP contribution in [0.1, 0.15) is 23.2 Å². The van der Waals surface area contributed by atoms with Gasteiger partial charge in [0.25, 0.3) is 11.8 Å². The molecule has 2 aliphatic rings. The first-order chi connectivity index (χ1) is 13.7. The van der Waals surface area contributed by atoms with Crippen LogP contribution in [-0.4, -0.2) is 60.5 Å². The smallest absolute Gasteiger partial charge is 0.253 e. The fourth-order valence-corrected chi connectivity index (χ4v) is 3.58. The molecular formula is C22H24N2O4. The standard InChI is InChI=1S/C22H24N2O4/c25-21(17-8-10-19(11-9-17)28-18-5-2-1-3-6-18)23-12-14-24(15-13-23)22(26)20-7-4-16-27-20/h1-3,5-6,8-11,20H,4,7,12-16H2. The zero-order valence-electron chi connectivity index (χ0n) is 15.8. The van der Waals surface area contributed by atoms with Crippen molar-refractivity contribution in [1.29, 1.82) is 0 Å². The SMILES string of the molecule is O=C(c1ccc(Oc2ccccc2)cc1)N1CCN(C(=O)C2CCCO2)CC1. The number of piperazine rings is 1. The lowest BCUT2D eigenvalue weighted by Crippen LogP contribution is -2.52. The molecule has 0 aliphatic carbocycles. The summed E-state index contributed by atoms with van der Waals surface area (Å²) in [6.45, 7) is 2.86. The van der Waals surface area contributed by atoms with E-state index in [1.807, 2.05) is 35.2 Å². The number of hydrogen-bond acceptors (Lipinski definition) is 4. The molecule has 2 amide bonds. The molecule has 6 heteroatoms. The van der Waals surface area contributed by atoms with Crippen LogP contribution in [0.25, 0.3) is 0 Å². The Bertz CT molecular complexity index is 808. The first-order valence-electron chi connectivity index (χ1n) is 9.73. The lowest BCUT2D eigenvalue weighted by atomic mass is 10.1. The number of benzene rings is 2. The minimum atomic E-state index is -0.292. The fraction of sp³-hybridized carbons (Fsp3) is 0.364. The maximum Gasteiger partial charge on any atom is 0.253 e. The molecule has 28 heavy (non-hydrogen) atoms. The number of nitrogens with zero attached hydrogens (tertiary/aromatic N) is 2. The van der Waals surface area contributed by atoms with Gasteiger partial charge in [-0.05, 0) is 49.2 Å². The molecule has 1 unspecified atom stereocenters. The number of carbonyl (C=O) groups is 2. The van der Waals surface area contributed by atoms with Crippen LogP contribution >= 0.6 is 0 Å². The molecule has 0 aromatic heterocycles. The highest BCUT2D eigenvalue weighted by atomic mass is 16.5. The van der Waals surface area contributed by atoms with Crippen molar-refractivity contribution in [3.05, 3.63) is 60.2 Å². The molecule has 0 bridgehead atoms. The molecule has 6 nitrogen and oxygen atoms in total. The summed E-state index contributed by atoms with van der Waals surface area (Å²) < 4.78 is 11.2. The molecule has 1 atom stereocenters. The molecule has 2 aromatic carbocycles. The van der Waals surface area contributed by atoms with E-state index in [0.717, 1.165) is 18.6 Å². The van der Waals surface area contributed by atoms with Gasteiger partial charge in [0.05, 0.1) is 0 Å². The van der Waals surface area contributed by atoms with E-state index >= 15 is 0 Å². The summed E-state index contributed by atoms with van der Waals surface area (Å²) in [5, 5.41) is 0. The van der Waals surface area contributed by atoms with E-state index in [-0.39, 0.29) is 17.9 Å². The third-order valence-corrected chi connectivity index (χ3v) is 5.16. The molecule has 2 fully saturated rings. The van der Waals surface area contributed by atoms with Gasteiger partial charge in [0.1, 0.15) is 17.6 Å². The van der Waals surface area contributed by atoms with Crippen molar-refractivity contribution in [2.75, 3.05) is 32.8 Å². The summed E-state index contributed by atoms with van der Waals surface area (Å²) in [7, 11) is 0. The van der Waals surface area contributed by atoms with Crippen molar-refractivity contribution in [2.45, 2.75) is 18.9 Å². The lowest BCUT2D eigenvalue weighted by molar-refractivity contribution is -0.142. The van der Waals surface area contributed by atoms with Gasteiger partial charge >= 0.3 is 0 Å². The molecular weight excluding hydrogens is 356 g/mol. The number of rotatable bonds is 4. The summed E-state index contributed by atoms with van der Waals surface area (Å²) in [6.07, 6.45) is 1.45. The molecule has 2 saturated heterocycles. The van der Waals surface area contributed by atoms with Gasteiger partial charge in [-0.2, -0.15) is 0 Å². The summed E-state index contributed by atoms with van der Waals surface area (Å²) in [6, 6.07) is 16.7. The maximum absolute atomic E-state index is 12.8. The van der Waals surface area contributed by atoms with Gasteiger partial charge in [0.15, 0.2) is 0 Å². The van der Waals surface area contributed by atoms with E-state index in [4.69, 9.17) is 9.47 Å². The van der Waals surface area contributed by atoms with E-state index in [1.165, 1.54) is 0 Å². The third-order valence-electron chi connectivity index (χ3n) is 5.16. The second-order valence-electron chi connectivity index (χ2n) is 7.06. The molecule has 0 saturated carbocycles. The predicted octanol–water partition coefficient (Wildman–Crippen LogP) is 2.94. The van der Waals surface area contributed by atoms with Crippen LogP contribution in [0, 0.1) is 0 Å². The van der Waals surface area contributed by atoms with Gasteiger partial charge in [-0.1, -0.05) is 18.2 Å². The van der Waals surface area contributed by atoms with Crippen LogP contribution < -0.4 is 4.74 Å². The summed E-state index contributed by atoms with van der Waals surface area (Å²) in [5.41, 5.74) is 0.624. The Labute approximate surface area is 164 Å². The molecule has 2 aliphatic heterocycles. The lowest BCUT2D eigenvalue weighted by Gasteiger charge is -2.35. The molecule has 146 valence electrons. The van der Waals surface area contributed by atoms with Gasteiger partial charge in [0.2, 0.25) is 0 Å². The second-order valence-corrected chi connectivity index (χ2v) is 7.06. The number of para-hydroxylation sites is 1. The highest BCUT2D eigenvalue weighted by Crippen LogP contribution is 2.22. The highest BCUT2D eigenvalue weighted by Gasteiger charge is 2.31. The topological polar surface area (TPSA) is 59.1 Å². The van der Waals surface area contributed by atoms with E-state index in [2.05, 4.69) is 0 Å². The van der Waals surface area contributed by atoms with Crippen LogP contribution in [0.2, 0.25) is 0 Å². The quantitative estimate of drug-likeness (QED) is 0.818. The van der Waals surface area contributed by atoms with Crippen molar-refractivity contribution >= 4 is 11.8 Å². The Morgan fingerprint density at radius 3 is 2.14 bits per heavy atom. The summed E-state index contributed by atoms with van der Waals surface area (Å²) in [5.74, 6) is 1.49. The van der Waals surface area contributed by atoms with Crippen LogP contribution in [0.5, 0.6) is 11.5 Å². The molecule has 0 N–H and O–H groups in total. The van der Waals surface area contributed by atoms with E-state index in [9.17, 15) is 9.59 Å². The zero-order valence-corrected chi connectivity index (χ0v) is 15.8. The number of amides is 2. The summed E-state index contributed by atoms with van der Waals surface area (Å²) >= 11 is 0. The molecule has 2 aromatic rings. The molecule has 0 radical (unpaired) electrons. The first kappa shape index (κ1) is 18.5. The highest BCUT2D eigenvalue weighted by molar-refractivity contribution is 5.94. The average Bonchev–Trinajstić information content (AvgIpc) is 3.29. The van der Waals surface area contributed by atoms with E-state index < -0.39 is 0 Å². The van der Waals surface area contributed by atoms with Gasteiger partial charge in [-0.15, -0.1) is 0 Å². The Morgan fingerprint density at radius 2 is 1.50 bits per heavy atom. The first-order valence-corrected chi connectivity index (χ1v) is 9.73. The van der Waals surface area contributed by atoms with Gasteiger partial charge in [0, 0.05) is 38.3 Å². The Morgan fingerprint density at radius 1 is 0.857 bits per heavy atom. The zero-order chi connectivity index (χ0) is 19.3.